The van der Waals surface area contributed by atoms with Gasteiger partial charge in [0, 0.05) is 19.2 Å². The van der Waals surface area contributed by atoms with E-state index in [4.69, 9.17) is 14.0 Å². The molecule has 4 rings (SSSR count). The second-order valence-electron chi connectivity index (χ2n) is 6.77. The normalized spacial score (nSPS) is 31.5. The van der Waals surface area contributed by atoms with Crippen LogP contribution < -0.4 is 0 Å². The summed E-state index contributed by atoms with van der Waals surface area (Å²) in [5.74, 6) is 1.94. The topological polar surface area (TPSA) is 55.2 Å². The van der Waals surface area contributed by atoms with E-state index in [1.54, 1.807) is 5.06 Å². The summed E-state index contributed by atoms with van der Waals surface area (Å²) in [5.41, 5.74) is 0. The van der Waals surface area contributed by atoms with Gasteiger partial charge in [0.2, 0.25) is 0 Å². The first-order valence-corrected chi connectivity index (χ1v) is 8.56. The number of furan rings is 1. The van der Waals surface area contributed by atoms with Gasteiger partial charge in [-0.25, -0.2) is 5.06 Å². The lowest BCUT2D eigenvalue weighted by Gasteiger charge is -2.40. The number of amides is 1. The number of hydrogen-bond acceptors (Lipinski definition) is 5. The Bertz CT molecular complexity index is 567. The van der Waals surface area contributed by atoms with Gasteiger partial charge in [-0.15, -0.1) is 0 Å². The number of nitrogens with zero attached hydrogens (tertiary/aromatic N) is 2. The summed E-state index contributed by atoms with van der Waals surface area (Å²) < 4.78 is 11.6. The lowest BCUT2D eigenvalue weighted by atomic mass is 9.89. The van der Waals surface area contributed by atoms with E-state index in [1.807, 2.05) is 19.1 Å². The second-order valence-corrected chi connectivity index (χ2v) is 6.77. The number of carbonyl (C=O) groups is 1. The predicted molar refractivity (Wildman–Crippen MR) is 82.4 cm³/mol. The van der Waals surface area contributed by atoms with E-state index in [9.17, 15) is 4.79 Å². The molecule has 126 valence electrons. The lowest BCUT2D eigenvalue weighted by molar-refractivity contribution is -0.177. The number of piperidine rings is 1. The maximum atomic E-state index is 12.7. The number of aryl methyl sites for hydroxylation is 1. The summed E-state index contributed by atoms with van der Waals surface area (Å²) >= 11 is 0. The summed E-state index contributed by atoms with van der Waals surface area (Å²) in [6, 6.07) is 4.40. The Balaban J connectivity index is 1.48. The molecule has 0 saturated carbocycles. The fourth-order valence-electron chi connectivity index (χ4n) is 4.01. The van der Waals surface area contributed by atoms with Crippen molar-refractivity contribution >= 4 is 5.91 Å². The van der Waals surface area contributed by atoms with Crippen LogP contribution in [0, 0.1) is 12.8 Å². The van der Waals surface area contributed by atoms with Crippen LogP contribution in [0.3, 0.4) is 0 Å². The van der Waals surface area contributed by atoms with Crippen LogP contribution in [0.15, 0.2) is 16.5 Å². The van der Waals surface area contributed by atoms with Crippen LogP contribution in [0.4, 0.5) is 0 Å². The van der Waals surface area contributed by atoms with Crippen LogP contribution in [-0.4, -0.2) is 54.3 Å². The fraction of sp³-hybridized carbons (Fsp3) is 0.706. The smallest absolute Gasteiger partial charge is 0.250 e. The number of fused-ring (bicyclic) bond motifs is 1. The SMILES string of the molecule is Cc1ccc(CN2C[C@H](C(=O)N3CCCO3)C[C@@H]3OCC[C@@H]32)o1. The van der Waals surface area contributed by atoms with Crippen LogP contribution in [0.1, 0.15) is 30.8 Å². The van der Waals surface area contributed by atoms with Crippen molar-refractivity contribution in [2.75, 3.05) is 26.3 Å². The van der Waals surface area contributed by atoms with Gasteiger partial charge in [0.1, 0.15) is 11.5 Å². The number of hydrogen-bond donors (Lipinski definition) is 0. The van der Waals surface area contributed by atoms with Crippen LogP contribution in [-0.2, 0) is 20.9 Å². The summed E-state index contributed by atoms with van der Waals surface area (Å²) in [4.78, 5) is 20.5. The van der Waals surface area contributed by atoms with E-state index in [2.05, 4.69) is 4.90 Å². The highest BCUT2D eigenvalue weighted by Gasteiger charge is 2.43. The molecule has 6 nitrogen and oxygen atoms in total. The third-order valence-electron chi connectivity index (χ3n) is 5.12. The van der Waals surface area contributed by atoms with E-state index in [0.717, 1.165) is 50.5 Å². The summed E-state index contributed by atoms with van der Waals surface area (Å²) in [6.07, 6.45) is 2.91. The molecule has 0 spiro atoms. The van der Waals surface area contributed by atoms with E-state index >= 15 is 0 Å². The molecule has 3 fully saturated rings. The van der Waals surface area contributed by atoms with E-state index in [1.165, 1.54) is 0 Å². The highest BCUT2D eigenvalue weighted by molar-refractivity contribution is 5.78. The van der Waals surface area contributed by atoms with Gasteiger partial charge in [-0.2, -0.15) is 0 Å². The Morgan fingerprint density at radius 2 is 2.26 bits per heavy atom. The molecule has 3 aliphatic heterocycles. The minimum atomic E-state index is -0.0523. The third kappa shape index (κ3) is 3.03. The Morgan fingerprint density at radius 1 is 1.35 bits per heavy atom. The third-order valence-corrected chi connectivity index (χ3v) is 5.12. The van der Waals surface area contributed by atoms with Crippen molar-refractivity contribution in [2.24, 2.45) is 5.92 Å². The summed E-state index contributed by atoms with van der Waals surface area (Å²) in [6.45, 7) is 5.59. The Kier molecular flexibility index (Phi) is 4.13. The molecule has 0 aromatic carbocycles. The van der Waals surface area contributed by atoms with Gasteiger partial charge in [0.15, 0.2) is 0 Å². The lowest BCUT2D eigenvalue weighted by Crippen LogP contribution is -2.52. The Labute approximate surface area is 136 Å². The van der Waals surface area contributed by atoms with E-state index in [0.29, 0.717) is 19.2 Å². The first kappa shape index (κ1) is 15.2. The van der Waals surface area contributed by atoms with Gasteiger partial charge < -0.3 is 9.15 Å². The van der Waals surface area contributed by atoms with Crippen molar-refractivity contribution < 1.29 is 18.8 Å². The average molecular weight is 320 g/mol. The minimum absolute atomic E-state index is 0.0523. The Morgan fingerprint density at radius 3 is 3.00 bits per heavy atom. The van der Waals surface area contributed by atoms with Gasteiger partial charge in [0.25, 0.3) is 5.91 Å². The van der Waals surface area contributed by atoms with Gasteiger partial charge in [0.05, 0.1) is 31.7 Å². The molecule has 0 bridgehead atoms. The molecular formula is C17H24N2O4. The molecule has 1 aromatic heterocycles. The molecule has 3 saturated heterocycles. The van der Waals surface area contributed by atoms with Crippen molar-refractivity contribution in [3.63, 3.8) is 0 Å². The highest BCUT2D eigenvalue weighted by Crippen LogP contribution is 2.33. The molecule has 23 heavy (non-hydrogen) atoms. The van der Waals surface area contributed by atoms with Crippen LogP contribution in [0.5, 0.6) is 0 Å². The van der Waals surface area contributed by atoms with E-state index in [-0.39, 0.29) is 17.9 Å². The molecule has 4 heterocycles. The molecular weight excluding hydrogens is 296 g/mol. The van der Waals surface area contributed by atoms with E-state index < -0.39 is 0 Å². The number of rotatable bonds is 3. The van der Waals surface area contributed by atoms with Crippen molar-refractivity contribution in [1.29, 1.82) is 0 Å². The zero-order valence-corrected chi connectivity index (χ0v) is 13.6. The summed E-state index contributed by atoms with van der Waals surface area (Å²) in [5, 5.41) is 1.55. The first-order valence-electron chi connectivity index (χ1n) is 8.56. The average Bonchev–Trinajstić information content (AvgIpc) is 3.27. The molecule has 3 atom stereocenters. The number of likely N-dealkylation sites (tertiary alicyclic amines) is 1. The zero-order valence-electron chi connectivity index (χ0n) is 13.6. The standard InChI is InChI=1S/C17H24N2O4/c1-12-3-4-14(23-12)11-18-10-13(9-16-15(18)5-8-21-16)17(20)19-6-2-7-22-19/h3-4,13,15-16H,2,5-11H2,1H3/t13-,15+,16+/m1/s1. The van der Waals surface area contributed by atoms with Gasteiger partial charge in [-0.1, -0.05) is 0 Å². The number of carbonyl (C=O) groups excluding carboxylic acids is 1. The molecule has 0 unspecified atom stereocenters. The maximum absolute atomic E-state index is 12.7. The molecule has 0 radical (unpaired) electrons. The van der Waals surface area contributed by atoms with Crippen LogP contribution >= 0.6 is 0 Å². The van der Waals surface area contributed by atoms with Gasteiger partial charge in [-0.3, -0.25) is 14.5 Å². The minimum Gasteiger partial charge on any atom is -0.465 e. The molecule has 0 aliphatic carbocycles. The zero-order chi connectivity index (χ0) is 15.8. The fourth-order valence-corrected chi connectivity index (χ4v) is 4.01. The highest BCUT2D eigenvalue weighted by atomic mass is 16.7. The quantitative estimate of drug-likeness (QED) is 0.849. The summed E-state index contributed by atoms with van der Waals surface area (Å²) in [7, 11) is 0. The molecule has 6 heteroatoms. The van der Waals surface area contributed by atoms with Crippen molar-refractivity contribution in [3.8, 4) is 0 Å². The largest absolute Gasteiger partial charge is 0.465 e. The molecule has 0 N–H and O–H groups in total. The predicted octanol–water partition coefficient (Wildman–Crippen LogP) is 1.73. The second kappa shape index (κ2) is 6.26. The van der Waals surface area contributed by atoms with Crippen LogP contribution in [0.25, 0.3) is 0 Å². The monoisotopic (exact) mass is 320 g/mol. The molecule has 1 aromatic rings. The van der Waals surface area contributed by atoms with Gasteiger partial charge in [-0.05, 0) is 38.3 Å². The van der Waals surface area contributed by atoms with Crippen molar-refractivity contribution in [2.45, 2.75) is 44.9 Å². The number of ether oxygens (including phenoxy) is 1. The molecule has 1 amide bonds. The van der Waals surface area contributed by atoms with Crippen molar-refractivity contribution in [3.05, 3.63) is 23.7 Å². The number of hydroxylamine groups is 2. The van der Waals surface area contributed by atoms with Crippen LogP contribution in [0.2, 0.25) is 0 Å². The van der Waals surface area contributed by atoms with Crippen molar-refractivity contribution in [1.82, 2.24) is 9.96 Å². The van der Waals surface area contributed by atoms with Gasteiger partial charge >= 0.3 is 0 Å². The molecule has 3 aliphatic rings. The first-order chi connectivity index (χ1) is 11.2. The maximum Gasteiger partial charge on any atom is 0.250 e. The Hall–Kier alpha value is -1.37.